The van der Waals surface area contributed by atoms with Gasteiger partial charge in [0.25, 0.3) is 0 Å². The number of benzene rings is 1. The van der Waals surface area contributed by atoms with E-state index in [1.807, 2.05) is 12.1 Å². The lowest BCUT2D eigenvalue weighted by Crippen LogP contribution is -1.99. The number of halogens is 1. The third-order valence-corrected chi connectivity index (χ3v) is 1.41. The monoisotopic (exact) mass is 183 g/mol. The highest BCUT2D eigenvalue weighted by molar-refractivity contribution is 6.29. The standard InChI is InChI=1S/C9H10ClNO/c1-7(10)6-12-9-5-3-2-4-8(9)11/h2-5H,1,6,11H2. The van der Waals surface area contributed by atoms with Crippen LogP contribution >= 0.6 is 11.6 Å². The number of rotatable bonds is 3. The molecule has 1 rings (SSSR count). The highest BCUT2D eigenvalue weighted by atomic mass is 35.5. The molecular formula is C9H10ClNO. The van der Waals surface area contributed by atoms with Gasteiger partial charge in [-0.15, -0.1) is 0 Å². The molecule has 2 N–H and O–H groups in total. The van der Waals surface area contributed by atoms with Gasteiger partial charge in [-0.05, 0) is 12.1 Å². The summed E-state index contributed by atoms with van der Waals surface area (Å²) >= 11 is 5.52. The Balaban J connectivity index is 2.63. The van der Waals surface area contributed by atoms with Crippen LogP contribution in [0.25, 0.3) is 0 Å². The molecule has 0 saturated carbocycles. The first-order valence-corrected chi connectivity index (χ1v) is 3.88. The van der Waals surface area contributed by atoms with E-state index in [1.165, 1.54) is 0 Å². The van der Waals surface area contributed by atoms with Gasteiger partial charge in [0.15, 0.2) is 0 Å². The Morgan fingerprint density at radius 2 is 2.17 bits per heavy atom. The molecule has 0 atom stereocenters. The Bertz CT molecular complexity index is 286. The van der Waals surface area contributed by atoms with E-state index in [4.69, 9.17) is 22.1 Å². The lowest BCUT2D eigenvalue weighted by Gasteiger charge is -2.06. The summed E-state index contributed by atoms with van der Waals surface area (Å²) in [6.45, 7) is 3.79. The van der Waals surface area contributed by atoms with Crippen molar-refractivity contribution < 1.29 is 4.74 Å². The first-order chi connectivity index (χ1) is 5.70. The summed E-state index contributed by atoms with van der Waals surface area (Å²) in [5.41, 5.74) is 6.22. The van der Waals surface area contributed by atoms with Gasteiger partial charge in [-0.25, -0.2) is 0 Å². The number of hydrogen-bond donors (Lipinski definition) is 1. The van der Waals surface area contributed by atoms with Crippen LogP contribution in [0.5, 0.6) is 5.75 Å². The maximum atomic E-state index is 5.61. The Kier molecular flexibility index (Phi) is 3.00. The van der Waals surface area contributed by atoms with Crippen molar-refractivity contribution in [2.75, 3.05) is 12.3 Å². The van der Waals surface area contributed by atoms with Gasteiger partial charge in [-0.3, -0.25) is 0 Å². The third kappa shape index (κ3) is 2.47. The van der Waals surface area contributed by atoms with Crippen LogP contribution < -0.4 is 10.5 Å². The second kappa shape index (κ2) is 4.02. The fourth-order valence-corrected chi connectivity index (χ4v) is 0.823. The molecule has 0 spiro atoms. The molecule has 0 aromatic heterocycles. The smallest absolute Gasteiger partial charge is 0.142 e. The zero-order chi connectivity index (χ0) is 8.97. The third-order valence-electron chi connectivity index (χ3n) is 1.30. The van der Waals surface area contributed by atoms with Gasteiger partial charge in [0.2, 0.25) is 0 Å². The Morgan fingerprint density at radius 1 is 1.50 bits per heavy atom. The summed E-state index contributed by atoms with van der Waals surface area (Å²) in [7, 11) is 0. The molecule has 0 fully saturated rings. The molecule has 0 radical (unpaired) electrons. The summed E-state index contributed by atoms with van der Waals surface area (Å²) in [5.74, 6) is 0.638. The fourth-order valence-electron chi connectivity index (χ4n) is 0.768. The lowest BCUT2D eigenvalue weighted by atomic mass is 10.3. The van der Waals surface area contributed by atoms with Gasteiger partial charge in [0.1, 0.15) is 12.4 Å². The summed E-state index contributed by atoms with van der Waals surface area (Å²) < 4.78 is 5.24. The minimum Gasteiger partial charge on any atom is -0.486 e. The molecule has 64 valence electrons. The highest BCUT2D eigenvalue weighted by Crippen LogP contribution is 2.20. The molecule has 1 aromatic carbocycles. The second-order valence-electron chi connectivity index (χ2n) is 2.34. The molecule has 0 aliphatic rings. The molecule has 0 amide bonds. The molecule has 0 aliphatic heterocycles. The van der Waals surface area contributed by atoms with Crippen LogP contribution in [0, 0.1) is 0 Å². The second-order valence-corrected chi connectivity index (χ2v) is 2.88. The topological polar surface area (TPSA) is 35.2 Å². The van der Waals surface area contributed by atoms with Crippen LogP contribution in [0.2, 0.25) is 0 Å². The normalized spacial score (nSPS) is 9.42. The van der Waals surface area contributed by atoms with Crippen molar-refractivity contribution in [3.63, 3.8) is 0 Å². The van der Waals surface area contributed by atoms with E-state index in [0.717, 1.165) is 0 Å². The zero-order valence-electron chi connectivity index (χ0n) is 6.59. The number of nitrogens with two attached hydrogens (primary N) is 1. The molecule has 12 heavy (non-hydrogen) atoms. The van der Waals surface area contributed by atoms with E-state index >= 15 is 0 Å². The molecule has 0 aliphatic carbocycles. The van der Waals surface area contributed by atoms with Crippen molar-refractivity contribution in [3.8, 4) is 5.75 Å². The summed E-state index contributed by atoms with van der Waals surface area (Å²) in [5, 5.41) is 0.457. The average molecular weight is 184 g/mol. The van der Waals surface area contributed by atoms with Crippen LogP contribution in [0.3, 0.4) is 0 Å². The summed E-state index contributed by atoms with van der Waals surface area (Å²) in [6.07, 6.45) is 0. The van der Waals surface area contributed by atoms with Gasteiger partial charge in [0, 0.05) is 5.03 Å². The van der Waals surface area contributed by atoms with Crippen LogP contribution in [-0.4, -0.2) is 6.61 Å². The molecule has 1 aromatic rings. The number of para-hydroxylation sites is 2. The number of nitrogen functional groups attached to an aromatic ring is 1. The highest BCUT2D eigenvalue weighted by Gasteiger charge is 1.97. The van der Waals surface area contributed by atoms with Crippen molar-refractivity contribution in [1.29, 1.82) is 0 Å². The van der Waals surface area contributed by atoms with Crippen molar-refractivity contribution in [2.24, 2.45) is 0 Å². The number of ether oxygens (including phenoxy) is 1. The van der Waals surface area contributed by atoms with Crippen molar-refractivity contribution in [2.45, 2.75) is 0 Å². The van der Waals surface area contributed by atoms with Crippen LogP contribution in [0.4, 0.5) is 5.69 Å². The van der Waals surface area contributed by atoms with E-state index in [9.17, 15) is 0 Å². The van der Waals surface area contributed by atoms with Gasteiger partial charge in [-0.2, -0.15) is 0 Å². The first-order valence-electron chi connectivity index (χ1n) is 3.50. The maximum absolute atomic E-state index is 5.61. The number of hydrogen-bond acceptors (Lipinski definition) is 2. The van der Waals surface area contributed by atoms with Crippen molar-refractivity contribution >= 4 is 17.3 Å². The summed E-state index contributed by atoms with van der Waals surface area (Å²) in [4.78, 5) is 0. The lowest BCUT2D eigenvalue weighted by molar-refractivity contribution is 0.361. The Morgan fingerprint density at radius 3 is 2.75 bits per heavy atom. The molecule has 0 unspecified atom stereocenters. The minimum absolute atomic E-state index is 0.287. The summed E-state index contributed by atoms with van der Waals surface area (Å²) in [6, 6.07) is 7.25. The van der Waals surface area contributed by atoms with Gasteiger partial charge in [0.05, 0.1) is 5.69 Å². The molecule has 3 heteroatoms. The van der Waals surface area contributed by atoms with Crippen LogP contribution in [-0.2, 0) is 0 Å². The fraction of sp³-hybridized carbons (Fsp3) is 0.111. The van der Waals surface area contributed by atoms with Gasteiger partial charge >= 0.3 is 0 Å². The largest absolute Gasteiger partial charge is 0.486 e. The molecular weight excluding hydrogens is 174 g/mol. The van der Waals surface area contributed by atoms with E-state index in [1.54, 1.807) is 12.1 Å². The molecule has 0 heterocycles. The molecule has 2 nitrogen and oxygen atoms in total. The van der Waals surface area contributed by atoms with E-state index in [2.05, 4.69) is 6.58 Å². The zero-order valence-corrected chi connectivity index (χ0v) is 7.34. The van der Waals surface area contributed by atoms with Gasteiger partial charge in [-0.1, -0.05) is 30.3 Å². The Hall–Kier alpha value is -1.15. The van der Waals surface area contributed by atoms with Crippen LogP contribution in [0.15, 0.2) is 35.9 Å². The first kappa shape index (κ1) is 8.94. The van der Waals surface area contributed by atoms with E-state index in [0.29, 0.717) is 16.5 Å². The quantitative estimate of drug-likeness (QED) is 0.731. The Labute approximate surface area is 76.6 Å². The molecule has 0 saturated heterocycles. The minimum atomic E-state index is 0.287. The van der Waals surface area contributed by atoms with Crippen LogP contribution in [0.1, 0.15) is 0 Å². The number of anilines is 1. The molecule has 0 bridgehead atoms. The predicted molar refractivity (Wildman–Crippen MR) is 51.3 cm³/mol. The van der Waals surface area contributed by atoms with Gasteiger partial charge < -0.3 is 10.5 Å². The van der Waals surface area contributed by atoms with E-state index < -0.39 is 0 Å². The van der Waals surface area contributed by atoms with Crippen molar-refractivity contribution in [1.82, 2.24) is 0 Å². The average Bonchev–Trinajstić information content (AvgIpc) is 2.03. The maximum Gasteiger partial charge on any atom is 0.142 e. The predicted octanol–water partition coefficient (Wildman–Crippen LogP) is 2.40. The van der Waals surface area contributed by atoms with E-state index in [-0.39, 0.29) is 6.61 Å². The SMILES string of the molecule is C=C(Cl)COc1ccccc1N. The van der Waals surface area contributed by atoms with Crippen molar-refractivity contribution in [3.05, 3.63) is 35.9 Å².